The molecule has 0 saturated carbocycles. The lowest BCUT2D eigenvalue weighted by Crippen LogP contribution is -2.30. The summed E-state index contributed by atoms with van der Waals surface area (Å²) in [6.45, 7) is 0. The number of hydrogen-bond acceptors (Lipinski definition) is 3. The highest BCUT2D eigenvalue weighted by Gasteiger charge is 2.39. The number of alkyl halides is 3. The van der Waals surface area contributed by atoms with E-state index in [1.54, 1.807) is 68.7 Å². The molecule has 0 aliphatic heterocycles. The number of hydrogen-bond donors (Lipinski definition) is 1. The van der Waals surface area contributed by atoms with Crippen LogP contribution in [-0.2, 0) is 4.79 Å². The molecule has 3 aromatic rings. The van der Waals surface area contributed by atoms with Gasteiger partial charge in [0.15, 0.2) is 0 Å². The van der Waals surface area contributed by atoms with Crippen LogP contribution in [0.3, 0.4) is 0 Å². The van der Waals surface area contributed by atoms with Crippen molar-refractivity contribution in [2.24, 2.45) is 0 Å². The third-order valence-corrected chi connectivity index (χ3v) is 4.76. The van der Waals surface area contributed by atoms with Crippen molar-refractivity contribution in [2.45, 2.75) is 6.18 Å². The van der Waals surface area contributed by atoms with Gasteiger partial charge in [0.05, 0.1) is 7.11 Å². The van der Waals surface area contributed by atoms with E-state index in [-0.39, 0.29) is 11.6 Å². The third kappa shape index (κ3) is 4.91. The Kier molecular flexibility index (Phi) is 6.53. The number of methoxy groups -OCH3 is 1. The van der Waals surface area contributed by atoms with E-state index in [2.05, 4.69) is 0 Å². The largest absolute Gasteiger partial charge is 0.497 e. The van der Waals surface area contributed by atoms with Crippen molar-refractivity contribution in [1.29, 1.82) is 0 Å². The molecule has 1 N–H and O–H groups in total. The van der Waals surface area contributed by atoms with E-state index in [0.717, 1.165) is 0 Å². The van der Waals surface area contributed by atoms with Crippen LogP contribution >= 0.6 is 0 Å². The zero-order valence-corrected chi connectivity index (χ0v) is 17.7. The molecule has 0 aliphatic rings. The Bertz CT molecular complexity index is 1160. The van der Waals surface area contributed by atoms with Gasteiger partial charge in [0.25, 0.3) is 5.91 Å². The first-order valence-electron chi connectivity index (χ1n) is 9.59. The molecule has 0 fully saturated rings. The molecule has 0 aromatic heterocycles. The highest BCUT2D eigenvalue weighted by molar-refractivity contribution is 6.02. The molecule has 166 valence electrons. The van der Waals surface area contributed by atoms with Gasteiger partial charge in [-0.3, -0.25) is 9.59 Å². The summed E-state index contributed by atoms with van der Waals surface area (Å²) in [5.74, 6) is -1.81. The number of benzene rings is 3. The van der Waals surface area contributed by atoms with Gasteiger partial charge in [-0.2, -0.15) is 13.2 Å². The van der Waals surface area contributed by atoms with E-state index in [1.165, 1.54) is 24.1 Å². The Morgan fingerprint density at radius 3 is 2.03 bits per heavy atom. The lowest BCUT2D eigenvalue weighted by Gasteiger charge is -2.17. The number of ether oxygens (including phenoxy) is 1. The normalized spacial score (nSPS) is 11.1. The number of halogens is 3. The second kappa shape index (κ2) is 9.13. The van der Waals surface area contributed by atoms with Gasteiger partial charge in [-0.1, -0.05) is 36.4 Å². The van der Waals surface area contributed by atoms with Crippen molar-refractivity contribution in [1.82, 2.24) is 4.90 Å². The van der Waals surface area contributed by atoms with Gasteiger partial charge < -0.3 is 15.0 Å². The molecule has 0 atom stereocenters. The van der Waals surface area contributed by atoms with Gasteiger partial charge in [0.1, 0.15) is 5.75 Å². The zero-order chi connectivity index (χ0) is 23.5. The third-order valence-electron chi connectivity index (χ3n) is 4.76. The number of para-hydroxylation sites is 1. The lowest BCUT2D eigenvalue weighted by molar-refractivity contribution is -0.167. The van der Waals surface area contributed by atoms with E-state index in [1.807, 2.05) is 5.32 Å². The van der Waals surface area contributed by atoms with Crippen molar-refractivity contribution in [3.8, 4) is 28.0 Å². The van der Waals surface area contributed by atoms with E-state index < -0.39 is 12.1 Å². The number of anilines is 1. The maximum Gasteiger partial charge on any atom is 0.471 e. The molecule has 0 heterocycles. The van der Waals surface area contributed by atoms with Crippen LogP contribution in [-0.4, -0.2) is 44.1 Å². The molecular formula is C24H21F3N2O3. The fourth-order valence-electron chi connectivity index (χ4n) is 3.23. The van der Waals surface area contributed by atoms with Gasteiger partial charge in [-0.15, -0.1) is 0 Å². The van der Waals surface area contributed by atoms with Crippen LogP contribution < -0.4 is 10.1 Å². The van der Waals surface area contributed by atoms with Crippen LogP contribution in [0.2, 0.25) is 0 Å². The summed E-state index contributed by atoms with van der Waals surface area (Å²) in [7, 11) is 4.77. The van der Waals surface area contributed by atoms with E-state index in [9.17, 15) is 22.8 Å². The summed E-state index contributed by atoms with van der Waals surface area (Å²) in [4.78, 5) is 25.6. The second-order valence-electron chi connectivity index (χ2n) is 7.19. The van der Waals surface area contributed by atoms with Crippen molar-refractivity contribution in [3.63, 3.8) is 0 Å². The molecule has 0 bridgehead atoms. The average Bonchev–Trinajstić information content (AvgIpc) is 2.77. The van der Waals surface area contributed by atoms with E-state index >= 15 is 0 Å². The predicted octanol–water partition coefficient (Wildman–Crippen LogP) is 5.23. The van der Waals surface area contributed by atoms with Gasteiger partial charge in [0, 0.05) is 30.9 Å². The number of carbonyl (C=O) groups is 2. The van der Waals surface area contributed by atoms with Gasteiger partial charge in [0.2, 0.25) is 0 Å². The smallest absolute Gasteiger partial charge is 0.471 e. The minimum Gasteiger partial charge on any atom is -0.497 e. The fourth-order valence-corrected chi connectivity index (χ4v) is 3.23. The number of nitrogens with one attached hydrogen (secondary N) is 1. The summed E-state index contributed by atoms with van der Waals surface area (Å²) in [6.07, 6.45) is -5.02. The highest BCUT2D eigenvalue weighted by atomic mass is 19.4. The van der Waals surface area contributed by atoms with Gasteiger partial charge in [-0.25, -0.2) is 0 Å². The van der Waals surface area contributed by atoms with Crippen molar-refractivity contribution in [3.05, 3.63) is 72.3 Å². The first-order valence-corrected chi connectivity index (χ1v) is 9.59. The minimum absolute atomic E-state index is 0.00619. The Balaban J connectivity index is 2.15. The molecule has 8 heteroatoms. The Hall–Kier alpha value is -3.81. The van der Waals surface area contributed by atoms with Crippen LogP contribution in [0.5, 0.6) is 5.75 Å². The number of rotatable bonds is 5. The number of amides is 2. The Labute approximate surface area is 183 Å². The second-order valence-corrected chi connectivity index (χ2v) is 7.19. The molecule has 0 spiro atoms. The average molecular weight is 442 g/mol. The molecular weight excluding hydrogens is 421 g/mol. The first kappa shape index (κ1) is 22.9. The fraction of sp³-hybridized carbons (Fsp3) is 0.167. The molecule has 5 nitrogen and oxygen atoms in total. The standard InChI is InChI=1S/C24H21F3N2O3/c1-29(2)22(30)20-10-5-4-8-18(20)15-12-16(14-17(13-15)32-3)19-9-6-7-11-21(19)28-23(31)24(25,26)27/h4-14H,1-3H3,(H,28,31). The Morgan fingerprint density at radius 1 is 0.875 bits per heavy atom. The number of carbonyl (C=O) groups excluding carboxylic acids is 2. The van der Waals surface area contributed by atoms with E-state index in [4.69, 9.17) is 4.74 Å². The van der Waals surface area contributed by atoms with Gasteiger partial charge >= 0.3 is 12.1 Å². The first-order chi connectivity index (χ1) is 15.1. The van der Waals surface area contributed by atoms with E-state index in [0.29, 0.717) is 33.6 Å². The van der Waals surface area contributed by atoms with Crippen molar-refractivity contribution in [2.75, 3.05) is 26.5 Å². The van der Waals surface area contributed by atoms with Crippen LogP contribution in [0.15, 0.2) is 66.7 Å². The summed E-state index contributed by atoms with van der Waals surface area (Å²) >= 11 is 0. The maximum absolute atomic E-state index is 12.8. The summed E-state index contributed by atoms with van der Waals surface area (Å²) in [5.41, 5.74) is 2.65. The SMILES string of the molecule is COc1cc(-c2ccccc2NC(=O)C(F)(F)F)cc(-c2ccccc2C(=O)N(C)C)c1. The minimum atomic E-state index is -5.02. The number of nitrogens with zero attached hydrogens (tertiary/aromatic N) is 1. The lowest BCUT2D eigenvalue weighted by atomic mass is 9.94. The molecule has 32 heavy (non-hydrogen) atoms. The summed E-state index contributed by atoms with van der Waals surface area (Å²) in [5, 5.41) is 1.92. The molecule has 3 aromatic carbocycles. The summed E-state index contributed by atoms with van der Waals surface area (Å²) in [6, 6.07) is 18.3. The quantitative estimate of drug-likeness (QED) is 0.589. The van der Waals surface area contributed by atoms with Crippen molar-refractivity contribution < 1.29 is 27.5 Å². The molecule has 3 rings (SSSR count). The van der Waals surface area contributed by atoms with Gasteiger partial charge in [-0.05, 0) is 47.0 Å². The van der Waals surface area contributed by atoms with Crippen LogP contribution in [0, 0.1) is 0 Å². The topological polar surface area (TPSA) is 58.6 Å². The van der Waals surface area contributed by atoms with Crippen LogP contribution in [0.25, 0.3) is 22.3 Å². The monoisotopic (exact) mass is 442 g/mol. The highest BCUT2D eigenvalue weighted by Crippen LogP contribution is 2.36. The molecule has 0 aliphatic carbocycles. The Morgan fingerprint density at radius 2 is 1.44 bits per heavy atom. The van der Waals surface area contributed by atoms with Crippen LogP contribution in [0.1, 0.15) is 10.4 Å². The van der Waals surface area contributed by atoms with Crippen molar-refractivity contribution >= 4 is 17.5 Å². The predicted molar refractivity (Wildman–Crippen MR) is 117 cm³/mol. The molecule has 0 radical (unpaired) electrons. The summed E-state index contributed by atoms with van der Waals surface area (Å²) < 4.78 is 43.8. The molecule has 0 saturated heterocycles. The molecule has 0 unspecified atom stereocenters. The van der Waals surface area contributed by atoms with Crippen LogP contribution in [0.4, 0.5) is 18.9 Å². The molecule has 2 amide bonds. The maximum atomic E-state index is 12.8. The zero-order valence-electron chi connectivity index (χ0n) is 17.7.